The highest BCUT2D eigenvalue weighted by Gasteiger charge is 2.14. The van der Waals surface area contributed by atoms with Crippen LogP contribution in [0.15, 0.2) is 66.7 Å². The number of carbonyl (C=O) groups is 1. The minimum absolute atomic E-state index is 0.231. The van der Waals surface area contributed by atoms with Crippen molar-refractivity contribution in [1.29, 1.82) is 0 Å². The van der Waals surface area contributed by atoms with Crippen molar-refractivity contribution in [3.8, 4) is 11.3 Å². The van der Waals surface area contributed by atoms with Crippen LogP contribution in [0.2, 0.25) is 0 Å². The molecule has 0 radical (unpaired) electrons. The van der Waals surface area contributed by atoms with Crippen LogP contribution in [0.4, 0.5) is 5.82 Å². The van der Waals surface area contributed by atoms with Crippen molar-refractivity contribution < 1.29 is 4.79 Å². The summed E-state index contributed by atoms with van der Waals surface area (Å²) in [5.74, 6) is 0.1000. The van der Waals surface area contributed by atoms with E-state index in [2.05, 4.69) is 5.10 Å². The molecular weight excluding hydrogens is 250 g/mol. The molecule has 4 nitrogen and oxygen atoms in total. The van der Waals surface area contributed by atoms with Crippen LogP contribution in [0.1, 0.15) is 10.4 Å². The minimum Gasteiger partial charge on any atom is -0.383 e. The van der Waals surface area contributed by atoms with E-state index >= 15 is 0 Å². The molecule has 0 amide bonds. The molecule has 20 heavy (non-hydrogen) atoms. The lowest BCUT2D eigenvalue weighted by Gasteiger charge is -2.02. The van der Waals surface area contributed by atoms with Gasteiger partial charge in [0, 0.05) is 17.2 Å². The summed E-state index contributed by atoms with van der Waals surface area (Å²) in [6.07, 6.45) is 0. The molecule has 0 saturated heterocycles. The lowest BCUT2D eigenvalue weighted by molar-refractivity contribution is 0.0948. The van der Waals surface area contributed by atoms with Crippen molar-refractivity contribution in [2.75, 3.05) is 5.73 Å². The molecule has 4 heteroatoms. The van der Waals surface area contributed by atoms with Gasteiger partial charge in [-0.15, -0.1) is 0 Å². The first kappa shape index (κ1) is 12.2. The van der Waals surface area contributed by atoms with Crippen molar-refractivity contribution in [3.63, 3.8) is 0 Å². The summed E-state index contributed by atoms with van der Waals surface area (Å²) in [5, 5.41) is 4.30. The van der Waals surface area contributed by atoms with Crippen LogP contribution in [0.25, 0.3) is 11.3 Å². The van der Waals surface area contributed by atoms with Crippen molar-refractivity contribution in [1.82, 2.24) is 9.78 Å². The maximum atomic E-state index is 12.3. The van der Waals surface area contributed by atoms with Gasteiger partial charge in [0.15, 0.2) is 0 Å². The molecular formula is C16H13N3O. The largest absolute Gasteiger partial charge is 0.383 e. The standard InChI is InChI=1S/C16H13N3O/c17-15-11-14(12-7-3-1-4-8-12)18-19(15)16(20)13-9-5-2-6-10-13/h1-11H,17H2. The van der Waals surface area contributed by atoms with Crippen molar-refractivity contribution in [3.05, 3.63) is 72.3 Å². The Balaban J connectivity index is 2.00. The number of hydrogen-bond acceptors (Lipinski definition) is 3. The zero-order valence-corrected chi connectivity index (χ0v) is 10.7. The number of benzene rings is 2. The summed E-state index contributed by atoms with van der Waals surface area (Å²) in [5.41, 5.74) is 8.07. The predicted molar refractivity (Wildman–Crippen MR) is 78.2 cm³/mol. The van der Waals surface area contributed by atoms with Crippen LogP contribution >= 0.6 is 0 Å². The van der Waals surface area contributed by atoms with Crippen molar-refractivity contribution in [2.24, 2.45) is 0 Å². The monoisotopic (exact) mass is 263 g/mol. The lowest BCUT2D eigenvalue weighted by Crippen LogP contribution is -2.15. The molecule has 0 bridgehead atoms. The van der Waals surface area contributed by atoms with E-state index in [-0.39, 0.29) is 5.91 Å². The highest BCUT2D eigenvalue weighted by Crippen LogP contribution is 2.20. The summed E-state index contributed by atoms with van der Waals surface area (Å²) >= 11 is 0. The van der Waals surface area contributed by atoms with Crippen LogP contribution in [-0.2, 0) is 0 Å². The molecule has 1 aromatic heterocycles. The fraction of sp³-hybridized carbons (Fsp3) is 0. The van der Waals surface area contributed by atoms with E-state index in [4.69, 9.17) is 5.73 Å². The van der Waals surface area contributed by atoms with Gasteiger partial charge >= 0.3 is 0 Å². The number of nitrogen functional groups attached to an aromatic ring is 1. The Bertz CT molecular complexity index is 733. The fourth-order valence-corrected chi connectivity index (χ4v) is 2.01. The first-order valence-corrected chi connectivity index (χ1v) is 6.26. The quantitative estimate of drug-likeness (QED) is 0.773. The zero-order chi connectivity index (χ0) is 13.9. The molecule has 1 heterocycles. The van der Waals surface area contributed by atoms with E-state index in [1.807, 2.05) is 48.5 Å². The second-order valence-electron chi connectivity index (χ2n) is 4.40. The molecule has 3 rings (SSSR count). The van der Waals surface area contributed by atoms with E-state index in [1.165, 1.54) is 4.68 Å². The Morgan fingerprint density at radius 3 is 2.20 bits per heavy atom. The van der Waals surface area contributed by atoms with E-state index in [0.29, 0.717) is 17.1 Å². The van der Waals surface area contributed by atoms with Crippen LogP contribution < -0.4 is 5.73 Å². The summed E-state index contributed by atoms with van der Waals surface area (Å²) in [4.78, 5) is 12.3. The van der Waals surface area contributed by atoms with E-state index < -0.39 is 0 Å². The topological polar surface area (TPSA) is 60.9 Å². The third-order valence-electron chi connectivity index (χ3n) is 3.02. The number of carbonyl (C=O) groups excluding carboxylic acids is 1. The van der Waals surface area contributed by atoms with Crippen LogP contribution in [-0.4, -0.2) is 15.7 Å². The summed E-state index contributed by atoms with van der Waals surface area (Å²) in [7, 11) is 0. The molecule has 3 aromatic rings. The molecule has 0 aliphatic heterocycles. The smallest absolute Gasteiger partial charge is 0.280 e. The van der Waals surface area contributed by atoms with Gasteiger partial charge in [-0.1, -0.05) is 48.5 Å². The third kappa shape index (κ3) is 2.19. The van der Waals surface area contributed by atoms with Crippen molar-refractivity contribution >= 4 is 11.7 Å². The molecule has 0 spiro atoms. The molecule has 0 unspecified atom stereocenters. The number of nitrogens with zero attached hydrogens (tertiary/aromatic N) is 2. The molecule has 2 N–H and O–H groups in total. The molecule has 0 fully saturated rings. The summed E-state index contributed by atoms with van der Waals surface area (Å²) in [6.45, 7) is 0. The number of rotatable bonds is 2. The Morgan fingerprint density at radius 1 is 0.950 bits per heavy atom. The molecule has 0 aliphatic rings. The first-order chi connectivity index (χ1) is 9.75. The van der Waals surface area contributed by atoms with E-state index in [9.17, 15) is 4.79 Å². The first-order valence-electron chi connectivity index (χ1n) is 6.26. The second kappa shape index (κ2) is 5.01. The summed E-state index contributed by atoms with van der Waals surface area (Å²) in [6, 6.07) is 20.3. The Kier molecular flexibility index (Phi) is 3.05. The van der Waals surface area contributed by atoms with E-state index in [0.717, 1.165) is 5.56 Å². The van der Waals surface area contributed by atoms with Gasteiger partial charge in [-0.25, -0.2) is 0 Å². The fourth-order valence-electron chi connectivity index (χ4n) is 2.01. The van der Waals surface area contributed by atoms with Gasteiger partial charge in [0.05, 0.1) is 5.69 Å². The number of hydrogen-bond donors (Lipinski definition) is 1. The highest BCUT2D eigenvalue weighted by atomic mass is 16.2. The molecule has 0 atom stereocenters. The lowest BCUT2D eigenvalue weighted by atomic mass is 10.2. The van der Waals surface area contributed by atoms with Crippen LogP contribution in [0, 0.1) is 0 Å². The van der Waals surface area contributed by atoms with Crippen LogP contribution in [0.5, 0.6) is 0 Å². The van der Waals surface area contributed by atoms with E-state index in [1.54, 1.807) is 18.2 Å². The number of nitrogens with two attached hydrogens (primary N) is 1. The maximum absolute atomic E-state index is 12.3. The average Bonchev–Trinajstić information content (AvgIpc) is 2.90. The summed E-state index contributed by atoms with van der Waals surface area (Å²) < 4.78 is 1.23. The van der Waals surface area contributed by atoms with Gasteiger partial charge in [-0.2, -0.15) is 9.78 Å². The van der Waals surface area contributed by atoms with Crippen LogP contribution in [0.3, 0.4) is 0 Å². The minimum atomic E-state index is -0.231. The Labute approximate surface area is 116 Å². The molecule has 0 aliphatic carbocycles. The van der Waals surface area contributed by atoms with Gasteiger partial charge in [0.25, 0.3) is 5.91 Å². The SMILES string of the molecule is Nc1cc(-c2ccccc2)nn1C(=O)c1ccccc1. The average molecular weight is 263 g/mol. The molecule has 2 aromatic carbocycles. The molecule has 98 valence electrons. The molecule has 0 saturated carbocycles. The van der Waals surface area contributed by atoms with Gasteiger partial charge in [0.1, 0.15) is 5.82 Å². The van der Waals surface area contributed by atoms with Gasteiger partial charge < -0.3 is 5.73 Å². The second-order valence-corrected chi connectivity index (χ2v) is 4.40. The maximum Gasteiger partial charge on any atom is 0.280 e. The highest BCUT2D eigenvalue weighted by molar-refractivity contribution is 5.97. The normalized spacial score (nSPS) is 10.4. The third-order valence-corrected chi connectivity index (χ3v) is 3.02. The zero-order valence-electron chi connectivity index (χ0n) is 10.7. The Hall–Kier alpha value is -2.88. The number of anilines is 1. The number of aromatic nitrogens is 2. The van der Waals surface area contributed by atoms with Gasteiger partial charge in [-0.05, 0) is 12.1 Å². The Morgan fingerprint density at radius 2 is 1.55 bits per heavy atom. The predicted octanol–water partition coefficient (Wildman–Crippen LogP) is 2.82. The van der Waals surface area contributed by atoms with Gasteiger partial charge in [0.2, 0.25) is 0 Å². The van der Waals surface area contributed by atoms with Crippen molar-refractivity contribution in [2.45, 2.75) is 0 Å². The van der Waals surface area contributed by atoms with Gasteiger partial charge in [-0.3, -0.25) is 4.79 Å².